The van der Waals surface area contributed by atoms with Crippen LogP contribution in [0.5, 0.6) is 11.5 Å². The standard InChI is InChI=1S/C37H39Cl2N3O7S/c1-3-48-32-15-24(9-10-31(32)47-2)26(17-28-29(38)19-42(46)20-30(28)39)27-16-25(50-35(27)36(43)44)18-40-34(23-7-5-4-6-8-23)37(45)49-33-21-41-13-11-22(33)12-14-41/h4-10,15-16,19-20,22,26,33-34,40H,3,11-14,17-18,21H2,1-2H3,(H,43,44)/t26?,33-,34?/m0/s1. The van der Waals surface area contributed by atoms with E-state index in [1.54, 1.807) is 13.2 Å². The zero-order valence-electron chi connectivity index (χ0n) is 27.8. The summed E-state index contributed by atoms with van der Waals surface area (Å²) >= 11 is 14.2. The number of carbonyl (C=O) groups is 2. The molecule has 3 atom stereocenters. The molecule has 2 unspecified atom stereocenters. The smallest absolute Gasteiger partial charge is 0.346 e. The first-order valence-corrected chi connectivity index (χ1v) is 18.2. The van der Waals surface area contributed by atoms with Crippen LogP contribution in [-0.2, 0) is 22.5 Å². The summed E-state index contributed by atoms with van der Waals surface area (Å²) in [6.45, 7) is 5.29. The van der Waals surface area contributed by atoms with Crippen LogP contribution in [0.2, 0.25) is 10.0 Å². The van der Waals surface area contributed by atoms with Crippen LogP contribution in [0, 0.1) is 11.1 Å². The number of hydrogen-bond acceptors (Lipinski definition) is 9. The number of esters is 1. The van der Waals surface area contributed by atoms with E-state index in [0.29, 0.717) is 44.8 Å². The van der Waals surface area contributed by atoms with E-state index in [2.05, 4.69) is 10.2 Å². The van der Waals surface area contributed by atoms with Crippen LogP contribution in [0.1, 0.15) is 68.5 Å². The number of nitrogens with zero attached hydrogens (tertiary/aromatic N) is 2. The molecule has 3 aliphatic heterocycles. The number of halogens is 2. The first kappa shape index (κ1) is 35.9. The number of piperidine rings is 3. The van der Waals surface area contributed by atoms with Gasteiger partial charge in [0.25, 0.3) is 0 Å². The van der Waals surface area contributed by atoms with Crippen molar-refractivity contribution in [1.82, 2.24) is 10.2 Å². The van der Waals surface area contributed by atoms with Gasteiger partial charge in [-0.2, -0.15) is 4.73 Å². The maximum atomic E-state index is 13.7. The Morgan fingerprint density at radius 2 is 1.78 bits per heavy atom. The van der Waals surface area contributed by atoms with Crippen molar-refractivity contribution in [2.45, 2.75) is 50.8 Å². The molecule has 0 amide bonds. The molecule has 2 N–H and O–H groups in total. The Morgan fingerprint density at radius 1 is 1.06 bits per heavy atom. The predicted molar refractivity (Wildman–Crippen MR) is 191 cm³/mol. The molecule has 2 bridgehead atoms. The minimum Gasteiger partial charge on any atom is -0.619 e. The van der Waals surface area contributed by atoms with Crippen LogP contribution in [0.3, 0.4) is 0 Å². The van der Waals surface area contributed by atoms with Gasteiger partial charge in [-0.05, 0) is 80.1 Å². The number of ether oxygens (including phenoxy) is 3. The van der Waals surface area contributed by atoms with E-state index in [4.69, 9.17) is 37.4 Å². The van der Waals surface area contributed by atoms with Gasteiger partial charge in [-0.3, -0.25) is 10.2 Å². The van der Waals surface area contributed by atoms with Crippen molar-refractivity contribution in [3.63, 3.8) is 0 Å². The number of hydrogen-bond donors (Lipinski definition) is 2. The number of carboxylic acid groups (broad SMARTS) is 1. The molecule has 3 saturated heterocycles. The molecule has 50 heavy (non-hydrogen) atoms. The number of aromatic nitrogens is 1. The zero-order valence-corrected chi connectivity index (χ0v) is 30.1. The van der Waals surface area contributed by atoms with Crippen LogP contribution in [0.15, 0.2) is 67.0 Å². The Bertz CT molecular complexity index is 1810. The number of carboxylic acids is 1. The normalized spacial score (nSPS) is 19.5. The van der Waals surface area contributed by atoms with E-state index in [1.807, 2.05) is 55.5 Å². The Morgan fingerprint density at radius 3 is 2.40 bits per heavy atom. The summed E-state index contributed by atoms with van der Waals surface area (Å²) in [7, 11) is 1.55. The van der Waals surface area contributed by atoms with Crippen molar-refractivity contribution in [1.29, 1.82) is 0 Å². The van der Waals surface area contributed by atoms with E-state index >= 15 is 0 Å². The Kier molecular flexibility index (Phi) is 11.5. The predicted octanol–water partition coefficient (Wildman–Crippen LogP) is 6.64. The lowest BCUT2D eigenvalue weighted by Gasteiger charge is -2.44. The number of nitrogens with one attached hydrogen (secondary N) is 1. The van der Waals surface area contributed by atoms with Gasteiger partial charge in [-0.25, -0.2) is 9.59 Å². The lowest BCUT2D eigenvalue weighted by atomic mass is 9.85. The lowest BCUT2D eigenvalue weighted by Crippen LogP contribution is -2.52. The maximum absolute atomic E-state index is 13.7. The van der Waals surface area contributed by atoms with Gasteiger partial charge in [-0.15, -0.1) is 11.3 Å². The monoisotopic (exact) mass is 739 g/mol. The van der Waals surface area contributed by atoms with E-state index in [9.17, 15) is 19.9 Å². The summed E-state index contributed by atoms with van der Waals surface area (Å²) < 4.78 is 18.0. The van der Waals surface area contributed by atoms with Crippen LogP contribution in [0.25, 0.3) is 0 Å². The number of carbonyl (C=O) groups excluding carboxylic acids is 1. The minimum atomic E-state index is -1.09. The topological polar surface area (TPSA) is 124 Å². The Hall–Kier alpha value is -3.87. The van der Waals surface area contributed by atoms with Crippen molar-refractivity contribution in [3.8, 4) is 11.5 Å². The molecular formula is C37H39Cl2N3O7S. The molecule has 5 heterocycles. The van der Waals surface area contributed by atoms with Crippen LogP contribution >= 0.6 is 34.5 Å². The quantitative estimate of drug-likeness (QED) is 0.0833. The molecule has 13 heteroatoms. The number of pyridine rings is 1. The molecule has 10 nitrogen and oxygen atoms in total. The summed E-state index contributed by atoms with van der Waals surface area (Å²) in [5, 5.41) is 26.2. The molecule has 7 rings (SSSR count). The fourth-order valence-electron chi connectivity index (χ4n) is 6.93. The fraction of sp³-hybridized carbons (Fsp3) is 0.378. The molecule has 0 aliphatic carbocycles. The van der Waals surface area contributed by atoms with Gasteiger partial charge < -0.3 is 24.5 Å². The number of rotatable bonds is 14. The lowest BCUT2D eigenvalue weighted by molar-refractivity contribution is -0.605. The first-order valence-electron chi connectivity index (χ1n) is 16.6. The van der Waals surface area contributed by atoms with Crippen molar-refractivity contribution in [3.05, 3.63) is 114 Å². The molecule has 3 fully saturated rings. The molecule has 0 spiro atoms. The van der Waals surface area contributed by atoms with Gasteiger partial charge in [0.2, 0.25) is 0 Å². The average Bonchev–Trinajstić information content (AvgIpc) is 3.53. The van der Waals surface area contributed by atoms with Gasteiger partial charge in [0.15, 0.2) is 23.9 Å². The third-order valence-corrected chi connectivity index (χ3v) is 11.2. The van der Waals surface area contributed by atoms with Crippen LogP contribution in [0.4, 0.5) is 0 Å². The summed E-state index contributed by atoms with van der Waals surface area (Å²) in [6.07, 6.45) is 4.53. The van der Waals surface area contributed by atoms with Crippen LogP contribution < -0.4 is 19.5 Å². The van der Waals surface area contributed by atoms with Gasteiger partial charge >= 0.3 is 11.9 Å². The maximum Gasteiger partial charge on any atom is 0.346 e. The molecule has 4 aromatic rings. The number of benzene rings is 2. The molecule has 3 aliphatic rings. The number of fused-ring (bicyclic) bond motifs is 3. The Labute approximate surface area is 305 Å². The largest absolute Gasteiger partial charge is 0.619 e. The molecule has 2 aromatic carbocycles. The molecular weight excluding hydrogens is 701 g/mol. The highest BCUT2D eigenvalue weighted by molar-refractivity contribution is 7.14. The zero-order chi connectivity index (χ0) is 35.4. The fourth-order valence-corrected chi connectivity index (χ4v) is 8.54. The molecule has 0 saturated carbocycles. The highest BCUT2D eigenvalue weighted by atomic mass is 35.5. The molecule has 264 valence electrons. The van der Waals surface area contributed by atoms with E-state index < -0.39 is 17.9 Å². The molecule has 2 aromatic heterocycles. The van der Waals surface area contributed by atoms with Gasteiger partial charge in [0, 0.05) is 29.4 Å². The minimum absolute atomic E-state index is 0.133. The highest BCUT2D eigenvalue weighted by Gasteiger charge is 2.38. The second kappa shape index (κ2) is 16.0. The second-order valence-electron chi connectivity index (χ2n) is 12.5. The number of methoxy groups -OCH3 is 1. The van der Waals surface area contributed by atoms with Gasteiger partial charge in [0.1, 0.15) is 27.1 Å². The summed E-state index contributed by atoms with van der Waals surface area (Å²) in [6, 6.07) is 15.9. The van der Waals surface area contributed by atoms with E-state index in [-0.39, 0.29) is 40.0 Å². The summed E-state index contributed by atoms with van der Waals surface area (Å²) in [5.74, 6) is -0.607. The molecule has 0 radical (unpaired) electrons. The highest BCUT2D eigenvalue weighted by Crippen LogP contribution is 2.41. The first-order chi connectivity index (χ1) is 24.1. The van der Waals surface area contributed by atoms with Crippen molar-refractivity contribution >= 4 is 46.5 Å². The van der Waals surface area contributed by atoms with Crippen LogP contribution in [-0.4, -0.2) is 61.4 Å². The van der Waals surface area contributed by atoms with Crippen molar-refractivity contribution < 1.29 is 33.6 Å². The van der Waals surface area contributed by atoms with E-state index in [1.165, 1.54) is 12.4 Å². The Balaban J connectivity index is 1.33. The summed E-state index contributed by atoms with van der Waals surface area (Å²) in [5.41, 5.74) is 2.53. The number of thiophene rings is 1. The summed E-state index contributed by atoms with van der Waals surface area (Å²) in [4.78, 5) is 29.7. The SMILES string of the molecule is CCOc1cc(C(Cc2c(Cl)c[n+]([O-])cc2Cl)c2cc(CNC(C(=O)O[C@H]3CN4CCC3CC4)c3ccccc3)sc2C(=O)O)ccc1OC. The van der Waals surface area contributed by atoms with Crippen molar-refractivity contribution in [2.24, 2.45) is 5.92 Å². The number of aromatic carboxylic acids is 1. The second-order valence-corrected chi connectivity index (χ2v) is 14.5. The third kappa shape index (κ3) is 8.03. The van der Waals surface area contributed by atoms with Gasteiger partial charge in [-0.1, -0.05) is 59.6 Å². The third-order valence-electron chi connectivity index (χ3n) is 9.45. The average molecular weight is 741 g/mol. The van der Waals surface area contributed by atoms with Gasteiger partial charge in [0.05, 0.1) is 13.7 Å². The van der Waals surface area contributed by atoms with E-state index in [0.717, 1.165) is 54.9 Å². The van der Waals surface area contributed by atoms with Crippen molar-refractivity contribution in [2.75, 3.05) is 33.4 Å².